The SMILES string of the molecule is C=CCN1C[C@H]2CC(=O)N(c3cc(C(F)(F)F)cc(C)n3)[C@@H]2C(=O)N(C)c2c(F)c(F)cc(Cl)c21. The van der Waals surface area contributed by atoms with Gasteiger partial charge in [-0.15, -0.1) is 6.58 Å². The highest BCUT2D eigenvalue weighted by atomic mass is 35.5. The molecule has 186 valence electrons. The molecular formula is C23H20ClF5N4O2. The Hall–Kier alpha value is -3.21. The minimum Gasteiger partial charge on any atom is -0.364 e. The van der Waals surface area contributed by atoms with Crippen molar-refractivity contribution in [2.45, 2.75) is 25.6 Å². The molecule has 12 heteroatoms. The van der Waals surface area contributed by atoms with Crippen LogP contribution in [0.4, 0.5) is 39.1 Å². The lowest BCUT2D eigenvalue weighted by Gasteiger charge is -2.39. The van der Waals surface area contributed by atoms with Gasteiger partial charge in [0.15, 0.2) is 11.6 Å². The van der Waals surface area contributed by atoms with Gasteiger partial charge < -0.3 is 9.80 Å². The van der Waals surface area contributed by atoms with Crippen molar-refractivity contribution in [1.82, 2.24) is 4.98 Å². The Balaban J connectivity index is 1.89. The average molecular weight is 515 g/mol. The number of pyridine rings is 1. The van der Waals surface area contributed by atoms with Crippen molar-refractivity contribution in [2.24, 2.45) is 5.92 Å². The average Bonchev–Trinajstić information content (AvgIpc) is 3.08. The summed E-state index contributed by atoms with van der Waals surface area (Å²) >= 11 is 6.25. The van der Waals surface area contributed by atoms with Crippen LogP contribution >= 0.6 is 11.6 Å². The van der Waals surface area contributed by atoms with Crippen molar-refractivity contribution in [1.29, 1.82) is 0 Å². The van der Waals surface area contributed by atoms with E-state index < -0.39 is 52.8 Å². The number of fused-ring (bicyclic) bond motifs is 2. The van der Waals surface area contributed by atoms with Crippen LogP contribution < -0.4 is 14.7 Å². The minimum absolute atomic E-state index is 0.00347. The minimum atomic E-state index is -4.70. The van der Waals surface area contributed by atoms with Crippen molar-refractivity contribution in [3.05, 3.63) is 58.8 Å². The van der Waals surface area contributed by atoms with Gasteiger partial charge >= 0.3 is 6.18 Å². The summed E-state index contributed by atoms with van der Waals surface area (Å²) in [6.07, 6.45) is -3.39. The van der Waals surface area contributed by atoms with Crippen molar-refractivity contribution in [3.63, 3.8) is 0 Å². The quantitative estimate of drug-likeness (QED) is 0.338. The van der Waals surface area contributed by atoms with E-state index in [4.69, 9.17) is 11.6 Å². The van der Waals surface area contributed by atoms with Crippen LogP contribution in [0.5, 0.6) is 0 Å². The Kier molecular flexibility index (Phi) is 6.25. The number of anilines is 3. The van der Waals surface area contributed by atoms with E-state index in [0.29, 0.717) is 6.07 Å². The predicted octanol–water partition coefficient (Wildman–Crippen LogP) is 4.73. The molecule has 2 amide bonds. The van der Waals surface area contributed by atoms with E-state index >= 15 is 0 Å². The third-order valence-electron chi connectivity index (χ3n) is 6.11. The fourth-order valence-electron chi connectivity index (χ4n) is 4.67. The zero-order valence-corrected chi connectivity index (χ0v) is 19.4. The number of carbonyl (C=O) groups is 2. The largest absolute Gasteiger partial charge is 0.416 e. The number of alkyl halides is 3. The zero-order valence-electron chi connectivity index (χ0n) is 18.7. The van der Waals surface area contributed by atoms with E-state index in [2.05, 4.69) is 11.6 Å². The normalized spacial score (nSPS) is 20.5. The first-order valence-corrected chi connectivity index (χ1v) is 10.9. The fourth-order valence-corrected chi connectivity index (χ4v) is 4.97. The summed E-state index contributed by atoms with van der Waals surface area (Å²) in [5.74, 6) is -5.07. The molecule has 1 saturated heterocycles. The smallest absolute Gasteiger partial charge is 0.364 e. The summed E-state index contributed by atoms with van der Waals surface area (Å²) in [5, 5.41) is -0.143. The lowest BCUT2D eigenvalue weighted by molar-refractivity contribution is -0.137. The van der Waals surface area contributed by atoms with Crippen molar-refractivity contribution >= 4 is 40.6 Å². The molecule has 6 nitrogen and oxygen atoms in total. The van der Waals surface area contributed by atoms with Gasteiger partial charge in [0.1, 0.15) is 17.5 Å². The maximum Gasteiger partial charge on any atom is 0.416 e. The van der Waals surface area contributed by atoms with Crippen molar-refractivity contribution in [2.75, 3.05) is 34.8 Å². The molecule has 35 heavy (non-hydrogen) atoms. The number of benzene rings is 1. The standard InChI is InChI=1S/C23H20ClF5N4O2/c1-4-5-32-10-12-7-17(34)33(16-8-13(23(27,28)29)6-11(2)30-16)19(12)22(35)31(3)21-18(26)15(25)9-14(24)20(21)32/h4,6,8-9,12,19H,1,5,7,10H2,2-3H3/t12-,19+/m1/s1. The molecule has 0 saturated carbocycles. The molecule has 2 aliphatic heterocycles. The molecule has 2 aromatic rings. The van der Waals surface area contributed by atoms with Gasteiger partial charge in [0.25, 0.3) is 0 Å². The molecule has 0 bridgehead atoms. The summed E-state index contributed by atoms with van der Waals surface area (Å²) in [6, 6.07) is 1.02. The summed E-state index contributed by atoms with van der Waals surface area (Å²) < 4.78 is 69.6. The number of hydrogen-bond acceptors (Lipinski definition) is 4. The van der Waals surface area contributed by atoms with E-state index in [9.17, 15) is 31.5 Å². The zero-order chi connectivity index (χ0) is 25.8. The molecule has 0 N–H and O–H groups in total. The van der Waals surface area contributed by atoms with Crippen molar-refractivity contribution < 1.29 is 31.5 Å². The molecule has 2 atom stereocenters. The highest BCUT2D eigenvalue weighted by molar-refractivity contribution is 6.34. The summed E-state index contributed by atoms with van der Waals surface area (Å²) in [7, 11) is 1.19. The number of hydrogen-bond donors (Lipinski definition) is 0. The van der Waals surface area contributed by atoms with Gasteiger partial charge in [-0.25, -0.2) is 13.8 Å². The number of likely N-dealkylation sites (N-methyl/N-ethyl adjacent to an activating group) is 1. The number of carbonyl (C=O) groups excluding carboxylic acids is 2. The topological polar surface area (TPSA) is 56.8 Å². The number of nitrogens with zero attached hydrogens (tertiary/aromatic N) is 4. The van der Waals surface area contributed by atoms with Crippen LogP contribution in [0.25, 0.3) is 0 Å². The summed E-state index contributed by atoms with van der Waals surface area (Å²) in [6.45, 7) is 5.13. The van der Waals surface area contributed by atoms with E-state index in [0.717, 1.165) is 21.9 Å². The van der Waals surface area contributed by atoms with Crippen LogP contribution in [0.15, 0.2) is 30.9 Å². The van der Waals surface area contributed by atoms with Crippen LogP contribution in [-0.4, -0.2) is 43.0 Å². The second-order valence-electron chi connectivity index (χ2n) is 8.47. The van der Waals surface area contributed by atoms with Gasteiger partial charge in [-0.05, 0) is 25.1 Å². The Morgan fingerprint density at radius 1 is 1.20 bits per heavy atom. The molecule has 2 aliphatic rings. The van der Waals surface area contributed by atoms with E-state index in [-0.39, 0.29) is 41.7 Å². The Morgan fingerprint density at radius 2 is 1.89 bits per heavy atom. The predicted molar refractivity (Wildman–Crippen MR) is 121 cm³/mol. The second-order valence-corrected chi connectivity index (χ2v) is 8.88. The first kappa shape index (κ1) is 24.9. The third-order valence-corrected chi connectivity index (χ3v) is 6.39. The summed E-state index contributed by atoms with van der Waals surface area (Å²) in [4.78, 5) is 34.0. The Bertz CT molecular complexity index is 1240. The molecule has 0 spiro atoms. The van der Waals surface area contributed by atoms with Gasteiger partial charge in [0.2, 0.25) is 11.8 Å². The lowest BCUT2D eigenvalue weighted by Crippen LogP contribution is -2.52. The first-order chi connectivity index (χ1) is 16.3. The van der Waals surface area contributed by atoms with Crippen LogP contribution in [0, 0.1) is 24.5 Å². The molecule has 1 aromatic heterocycles. The van der Waals surface area contributed by atoms with Crippen LogP contribution in [-0.2, 0) is 15.8 Å². The van der Waals surface area contributed by atoms with E-state index in [1.165, 1.54) is 20.0 Å². The maximum absolute atomic E-state index is 15.0. The molecule has 0 unspecified atom stereocenters. The maximum atomic E-state index is 15.0. The number of aryl methyl sites for hydroxylation is 1. The van der Waals surface area contributed by atoms with Gasteiger partial charge in [-0.2, -0.15) is 13.2 Å². The molecule has 1 aromatic carbocycles. The van der Waals surface area contributed by atoms with Gasteiger partial charge in [-0.3, -0.25) is 14.5 Å². The van der Waals surface area contributed by atoms with Gasteiger partial charge in [0, 0.05) is 38.2 Å². The van der Waals surface area contributed by atoms with Crippen LogP contribution in [0.2, 0.25) is 5.02 Å². The van der Waals surface area contributed by atoms with E-state index in [1.807, 2.05) is 0 Å². The highest BCUT2D eigenvalue weighted by Gasteiger charge is 2.50. The lowest BCUT2D eigenvalue weighted by atomic mass is 9.95. The highest BCUT2D eigenvalue weighted by Crippen LogP contribution is 2.44. The molecule has 0 aliphatic carbocycles. The Labute approximate surface area is 202 Å². The van der Waals surface area contributed by atoms with E-state index in [1.54, 1.807) is 4.90 Å². The number of rotatable bonds is 3. The monoisotopic (exact) mass is 514 g/mol. The second kappa shape index (κ2) is 8.78. The van der Waals surface area contributed by atoms with Crippen LogP contribution in [0.3, 0.4) is 0 Å². The van der Waals surface area contributed by atoms with Crippen LogP contribution in [0.1, 0.15) is 17.7 Å². The number of halogens is 6. The van der Waals surface area contributed by atoms with Crippen molar-refractivity contribution in [3.8, 4) is 0 Å². The fraction of sp³-hybridized carbons (Fsp3) is 0.348. The third kappa shape index (κ3) is 4.22. The number of aromatic nitrogens is 1. The van der Waals surface area contributed by atoms with Gasteiger partial charge in [0.05, 0.1) is 16.3 Å². The molecule has 1 fully saturated rings. The Morgan fingerprint density at radius 3 is 2.51 bits per heavy atom. The molecule has 0 radical (unpaired) electrons. The number of amides is 2. The molecular weight excluding hydrogens is 495 g/mol. The molecule has 4 rings (SSSR count). The van der Waals surface area contributed by atoms with Gasteiger partial charge in [-0.1, -0.05) is 17.7 Å². The summed E-state index contributed by atoms with van der Waals surface area (Å²) in [5.41, 5.74) is -1.41. The first-order valence-electron chi connectivity index (χ1n) is 10.5. The molecule has 3 heterocycles.